The van der Waals surface area contributed by atoms with Gasteiger partial charge in [-0.15, -0.1) is 0 Å². The SMILES string of the molecule is COCCN1CCC(Oc2cnc(C(C)(C)C)cn2)C1. The third kappa shape index (κ3) is 4.15. The summed E-state index contributed by atoms with van der Waals surface area (Å²) in [4.78, 5) is 11.2. The predicted molar refractivity (Wildman–Crippen MR) is 78.1 cm³/mol. The maximum Gasteiger partial charge on any atom is 0.232 e. The third-order valence-corrected chi connectivity index (χ3v) is 3.52. The van der Waals surface area contributed by atoms with E-state index in [1.807, 2.05) is 6.20 Å². The monoisotopic (exact) mass is 279 g/mol. The number of likely N-dealkylation sites (tertiary alicyclic amines) is 1. The molecule has 1 atom stereocenters. The second-order valence-electron chi connectivity index (χ2n) is 6.31. The highest BCUT2D eigenvalue weighted by Gasteiger charge is 2.24. The summed E-state index contributed by atoms with van der Waals surface area (Å²) in [5, 5.41) is 0. The summed E-state index contributed by atoms with van der Waals surface area (Å²) >= 11 is 0. The summed E-state index contributed by atoms with van der Waals surface area (Å²) < 4.78 is 11.0. The zero-order valence-corrected chi connectivity index (χ0v) is 12.9. The Morgan fingerprint density at radius 3 is 2.70 bits per heavy atom. The van der Waals surface area contributed by atoms with Crippen molar-refractivity contribution in [1.29, 1.82) is 0 Å². The maximum absolute atomic E-state index is 5.90. The summed E-state index contributed by atoms with van der Waals surface area (Å²) in [5.74, 6) is 0.622. The molecule has 5 heteroatoms. The number of methoxy groups -OCH3 is 1. The van der Waals surface area contributed by atoms with E-state index >= 15 is 0 Å². The van der Waals surface area contributed by atoms with Gasteiger partial charge in [0.1, 0.15) is 6.10 Å². The van der Waals surface area contributed by atoms with Crippen molar-refractivity contribution in [3.8, 4) is 5.88 Å². The van der Waals surface area contributed by atoms with Gasteiger partial charge < -0.3 is 9.47 Å². The van der Waals surface area contributed by atoms with Crippen LogP contribution in [0.4, 0.5) is 0 Å². The molecule has 0 bridgehead atoms. The highest BCUT2D eigenvalue weighted by atomic mass is 16.5. The summed E-state index contributed by atoms with van der Waals surface area (Å²) in [7, 11) is 1.73. The lowest BCUT2D eigenvalue weighted by Gasteiger charge is -2.18. The highest BCUT2D eigenvalue weighted by molar-refractivity contribution is 5.13. The molecule has 112 valence electrons. The largest absolute Gasteiger partial charge is 0.472 e. The van der Waals surface area contributed by atoms with Crippen LogP contribution in [0.5, 0.6) is 5.88 Å². The lowest BCUT2D eigenvalue weighted by atomic mass is 9.93. The lowest BCUT2D eigenvalue weighted by Crippen LogP contribution is -2.28. The fourth-order valence-electron chi connectivity index (χ4n) is 2.25. The van der Waals surface area contributed by atoms with E-state index in [0.29, 0.717) is 5.88 Å². The van der Waals surface area contributed by atoms with Gasteiger partial charge in [0.15, 0.2) is 0 Å². The second-order valence-corrected chi connectivity index (χ2v) is 6.31. The Morgan fingerprint density at radius 1 is 1.30 bits per heavy atom. The molecule has 5 nitrogen and oxygen atoms in total. The van der Waals surface area contributed by atoms with Gasteiger partial charge in [-0.05, 0) is 6.42 Å². The molecule has 1 fully saturated rings. The van der Waals surface area contributed by atoms with Gasteiger partial charge in [-0.2, -0.15) is 0 Å². The van der Waals surface area contributed by atoms with Crippen molar-refractivity contribution in [1.82, 2.24) is 14.9 Å². The standard InChI is InChI=1S/C15H25N3O2/c1-15(2,3)13-9-17-14(10-16-13)20-12-5-6-18(11-12)7-8-19-4/h9-10,12H,5-8,11H2,1-4H3. The molecule has 1 aromatic heterocycles. The van der Waals surface area contributed by atoms with Crippen LogP contribution >= 0.6 is 0 Å². The van der Waals surface area contributed by atoms with Gasteiger partial charge >= 0.3 is 0 Å². The molecule has 1 aromatic rings. The van der Waals surface area contributed by atoms with E-state index < -0.39 is 0 Å². The first-order chi connectivity index (χ1) is 9.49. The normalized spacial score (nSPS) is 20.3. The van der Waals surface area contributed by atoms with E-state index in [-0.39, 0.29) is 11.5 Å². The fourth-order valence-corrected chi connectivity index (χ4v) is 2.25. The van der Waals surface area contributed by atoms with Gasteiger partial charge in [-0.1, -0.05) is 20.8 Å². The molecular formula is C15H25N3O2. The molecule has 2 rings (SSSR count). The topological polar surface area (TPSA) is 47.5 Å². The molecule has 0 aliphatic carbocycles. The summed E-state index contributed by atoms with van der Waals surface area (Å²) in [5.41, 5.74) is 1.01. The van der Waals surface area contributed by atoms with Gasteiger partial charge in [0.05, 0.1) is 24.7 Å². The van der Waals surface area contributed by atoms with Gasteiger partial charge in [0.2, 0.25) is 5.88 Å². The van der Waals surface area contributed by atoms with Gasteiger partial charge in [-0.25, -0.2) is 4.98 Å². The van der Waals surface area contributed by atoms with Crippen molar-refractivity contribution in [2.24, 2.45) is 0 Å². The maximum atomic E-state index is 5.90. The van der Waals surface area contributed by atoms with Gasteiger partial charge in [0, 0.05) is 32.2 Å². The minimum absolute atomic E-state index is 0.0237. The quantitative estimate of drug-likeness (QED) is 0.823. The molecule has 0 N–H and O–H groups in total. The van der Waals surface area contributed by atoms with Crippen molar-refractivity contribution >= 4 is 0 Å². The molecule has 0 radical (unpaired) electrons. The predicted octanol–water partition coefficient (Wildman–Crippen LogP) is 1.87. The summed E-state index contributed by atoms with van der Waals surface area (Å²) in [6.07, 6.45) is 4.79. The lowest BCUT2D eigenvalue weighted by molar-refractivity contribution is 0.147. The van der Waals surface area contributed by atoms with Crippen molar-refractivity contribution in [2.75, 3.05) is 33.4 Å². The number of hydrogen-bond donors (Lipinski definition) is 0. The summed E-state index contributed by atoms with van der Waals surface area (Å²) in [6.45, 7) is 10.1. The van der Waals surface area contributed by atoms with Crippen LogP contribution in [0.15, 0.2) is 12.4 Å². The Kier molecular flexibility index (Phi) is 4.94. The Balaban J connectivity index is 1.85. The molecule has 20 heavy (non-hydrogen) atoms. The first-order valence-corrected chi connectivity index (χ1v) is 7.19. The second kappa shape index (κ2) is 6.50. The van der Waals surface area contributed by atoms with E-state index in [9.17, 15) is 0 Å². The van der Waals surface area contributed by atoms with E-state index in [2.05, 4.69) is 35.6 Å². The van der Waals surface area contributed by atoms with Crippen LogP contribution in [0.2, 0.25) is 0 Å². The minimum atomic E-state index is 0.0237. The van der Waals surface area contributed by atoms with Crippen LogP contribution in [-0.2, 0) is 10.2 Å². The Labute approximate surface area is 121 Å². The molecule has 1 unspecified atom stereocenters. The molecule has 1 aliphatic rings. The van der Waals surface area contributed by atoms with Crippen LogP contribution in [0.1, 0.15) is 32.9 Å². The number of ether oxygens (including phenoxy) is 2. The minimum Gasteiger partial charge on any atom is -0.472 e. The van der Waals surface area contributed by atoms with Crippen molar-refractivity contribution < 1.29 is 9.47 Å². The van der Waals surface area contributed by atoms with Crippen LogP contribution in [-0.4, -0.2) is 54.3 Å². The number of aromatic nitrogens is 2. The smallest absolute Gasteiger partial charge is 0.232 e. The Bertz CT molecular complexity index is 414. The van der Waals surface area contributed by atoms with E-state index in [1.54, 1.807) is 13.3 Å². The van der Waals surface area contributed by atoms with Crippen LogP contribution in [0.3, 0.4) is 0 Å². The average molecular weight is 279 g/mol. The Hall–Kier alpha value is -1.20. The molecule has 2 heterocycles. The Morgan fingerprint density at radius 2 is 2.10 bits per heavy atom. The highest BCUT2D eigenvalue weighted by Crippen LogP contribution is 2.21. The third-order valence-electron chi connectivity index (χ3n) is 3.52. The molecule has 0 aromatic carbocycles. The van der Waals surface area contributed by atoms with Crippen molar-refractivity contribution in [3.05, 3.63) is 18.1 Å². The number of rotatable bonds is 5. The van der Waals surface area contributed by atoms with Gasteiger partial charge in [-0.3, -0.25) is 9.88 Å². The zero-order chi connectivity index (χ0) is 14.6. The molecular weight excluding hydrogens is 254 g/mol. The van der Waals surface area contributed by atoms with Crippen LogP contribution in [0, 0.1) is 0 Å². The van der Waals surface area contributed by atoms with E-state index in [4.69, 9.17) is 9.47 Å². The molecule has 1 saturated heterocycles. The molecule has 1 aliphatic heterocycles. The number of hydrogen-bond acceptors (Lipinski definition) is 5. The van der Waals surface area contributed by atoms with E-state index in [1.165, 1.54) is 0 Å². The molecule has 0 saturated carbocycles. The molecule has 0 spiro atoms. The first kappa shape index (κ1) is 15.2. The van der Waals surface area contributed by atoms with Crippen LogP contribution in [0.25, 0.3) is 0 Å². The van der Waals surface area contributed by atoms with Crippen LogP contribution < -0.4 is 4.74 Å². The van der Waals surface area contributed by atoms with Crippen molar-refractivity contribution in [3.63, 3.8) is 0 Å². The fraction of sp³-hybridized carbons (Fsp3) is 0.733. The van der Waals surface area contributed by atoms with E-state index in [0.717, 1.165) is 38.4 Å². The van der Waals surface area contributed by atoms with Crippen molar-refractivity contribution in [2.45, 2.75) is 38.7 Å². The average Bonchev–Trinajstić information content (AvgIpc) is 2.83. The zero-order valence-electron chi connectivity index (χ0n) is 12.9. The first-order valence-electron chi connectivity index (χ1n) is 7.19. The summed E-state index contributed by atoms with van der Waals surface area (Å²) in [6, 6.07) is 0. The number of nitrogens with zero attached hydrogens (tertiary/aromatic N) is 3. The van der Waals surface area contributed by atoms with Gasteiger partial charge in [0.25, 0.3) is 0 Å². The molecule has 0 amide bonds.